The second-order valence-electron chi connectivity index (χ2n) is 4.25. The van der Waals surface area contributed by atoms with E-state index in [2.05, 4.69) is 4.98 Å². The van der Waals surface area contributed by atoms with Gasteiger partial charge in [-0.15, -0.1) is 0 Å². The highest BCUT2D eigenvalue weighted by atomic mass is 16.6. The van der Waals surface area contributed by atoms with Crippen LogP contribution in [0.5, 0.6) is 0 Å². The van der Waals surface area contributed by atoms with Crippen molar-refractivity contribution in [1.82, 2.24) is 4.98 Å². The van der Waals surface area contributed by atoms with E-state index in [-0.39, 0.29) is 28.1 Å². The van der Waals surface area contributed by atoms with Gasteiger partial charge in [-0.2, -0.15) is 0 Å². The van der Waals surface area contributed by atoms with Gasteiger partial charge in [-0.05, 0) is 23.8 Å². The third kappa shape index (κ3) is 1.58. The molecule has 20 heavy (non-hydrogen) atoms. The fourth-order valence-corrected chi connectivity index (χ4v) is 2.28. The molecule has 0 fully saturated rings. The Balaban J connectivity index is 2.24. The summed E-state index contributed by atoms with van der Waals surface area (Å²) in [4.78, 5) is 26.6. The highest BCUT2D eigenvalue weighted by molar-refractivity contribution is 6.40. The molecule has 2 aromatic rings. The molecule has 0 radical (unpaired) electrons. The zero-order chi connectivity index (χ0) is 14.3. The van der Waals surface area contributed by atoms with Crippen LogP contribution < -0.4 is 0 Å². The molecule has 6 heteroatoms. The zero-order valence-corrected chi connectivity index (χ0v) is 10.1. The SMILES string of the molecule is O=C1C(c2ccncc2)=C(O)c2cccc([N+](=O)[O-])c21. The van der Waals surface area contributed by atoms with Crippen molar-refractivity contribution in [2.75, 3.05) is 0 Å². The molecule has 0 atom stereocenters. The molecule has 0 saturated heterocycles. The predicted molar refractivity (Wildman–Crippen MR) is 71.1 cm³/mol. The van der Waals surface area contributed by atoms with Gasteiger partial charge in [0.15, 0.2) is 0 Å². The molecular formula is C14H8N2O4. The number of ketones is 1. The quantitative estimate of drug-likeness (QED) is 0.667. The van der Waals surface area contributed by atoms with Crippen molar-refractivity contribution in [2.45, 2.75) is 0 Å². The molecule has 0 spiro atoms. The molecule has 0 unspecified atom stereocenters. The smallest absolute Gasteiger partial charge is 0.281 e. The molecule has 0 saturated carbocycles. The number of carbonyl (C=O) groups excluding carboxylic acids is 1. The average molecular weight is 268 g/mol. The first kappa shape index (κ1) is 12.0. The maximum Gasteiger partial charge on any atom is 0.281 e. The van der Waals surface area contributed by atoms with Crippen LogP contribution in [0.4, 0.5) is 5.69 Å². The molecule has 6 nitrogen and oxygen atoms in total. The number of aliphatic hydroxyl groups is 1. The number of pyridine rings is 1. The molecule has 3 rings (SSSR count). The Morgan fingerprint density at radius 3 is 2.50 bits per heavy atom. The second-order valence-corrected chi connectivity index (χ2v) is 4.25. The molecule has 1 aliphatic carbocycles. The molecule has 0 amide bonds. The summed E-state index contributed by atoms with van der Waals surface area (Å²) >= 11 is 0. The van der Waals surface area contributed by atoms with Crippen LogP contribution in [0.2, 0.25) is 0 Å². The van der Waals surface area contributed by atoms with Gasteiger partial charge >= 0.3 is 0 Å². The number of Topliss-reactive ketones (excluding diaryl/α,β-unsaturated/α-hetero) is 1. The first-order valence-electron chi connectivity index (χ1n) is 5.77. The Morgan fingerprint density at radius 1 is 1.15 bits per heavy atom. The van der Waals surface area contributed by atoms with Crippen LogP contribution in [-0.4, -0.2) is 20.8 Å². The number of carbonyl (C=O) groups is 1. The minimum absolute atomic E-state index is 0.0664. The van der Waals surface area contributed by atoms with E-state index in [9.17, 15) is 20.0 Å². The number of nitro benzene ring substituents is 1. The lowest BCUT2D eigenvalue weighted by molar-refractivity contribution is -0.385. The van der Waals surface area contributed by atoms with Crippen molar-refractivity contribution < 1.29 is 14.8 Å². The molecule has 1 aliphatic rings. The van der Waals surface area contributed by atoms with Crippen molar-refractivity contribution in [1.29, 1.82) is 0 Å². The lowest BCUT2D eigenvalue weighted by Crippen LogP contribution is -2.03. The molecule has 0 aliphatic heterocycles. The maximum absolute atomic E-state index is 12.4. The van der Waals surface area contributed by atoms with Gasteiger partial charge in [0, 0.05) is 24.0 Å². The topological polar surface area (TPSA) is 93.3 Å². The van der Waals surface area contributed by atoms with Crippen LogP contribution in [0.15, 0.2) is 42.7 Å². The van der Waals surface area contributed by atoms with Gasteiger partial charge in [0.1, 0.15) is 11.3 Å². The summed E-state index contributed by atoms with van der Waals surface area (Å²) in [5.41, 5.74) is 0.366. The summed E-state index contributed by atoms with van der Waals surface area (Å²) in [6.45, 7) is 0. The number of allylic oxidation sites excluding steroid dienone is 1. The normalized spacial score (nSPS) is 13.5. The van der Waals surface area contributed by atoms with Crippen molar-refractivity contribution in [3.05, 3.63) is 69.5 Å². The first-order chi connectivity index (χ1) is 9.61. The molecule has 1 aromatic heterocycles. The number of hydrogen-bond donors (Lipinski definition) is 1. The van der Waals surface area contributed by atoms with Gasteiger partial charge in [0.25, 0.3) is 5.69 Å². The summed E-state index contributed by atoms with van der Waals surface area (Å²) in [5.74, 6) is -0.782. The van der Waals surface area contributed by atoms with Crippen LogP contribution >= 0.6 is 0 Å². The van der Waals surface area contributed by atoms with Crippen LogP contribution in [0.3, 0.4) is 0 Å². The Labute approximate surface area is 113 Å². The van der Waals surface area contributed by atoms with Gasteiger partial charge in [0.05, 0.1) is 10.5 Å². The molecular weight excluding hydrogens is 260 g/mol. The summed E-state index contributed by atoms with van der Waals surface area (Å²) in [5, 5.41) is 21.2. The van der Waals surface area contributed by atoms with E-state index in [4.69, 9.17) is 0 Å². The Kier molecular flexibility index (Phi) is 2.57. The van der Waals surface area contributed by atoms with E-state index in [0.29, 0.717) is 5.56 Å². The van der Waals surface area contributed by atoms with E-state index in [1.165, 1.54) is 30.6 Å². The van der Waals surface area contributed by atoms with E-state index in [0.717, 1.165) is 0 Å². The lowest BCUT2D eigenvalue weighted by Gasteiger charge is -2.00. The molecule has 1 aromatic carbocycles. The second kappa shape index (κ2) is 4.27. The van der Waals surface area contributed by atoms with E-state index in [1.54, 1.807) is 12.1 Å². The number of nitro groups is 1. The fraction of sp³-hybridized carbons (Fsp3) is 0. The summed E-state index contributed by atoms with van der Waals surface area (Å²) < 4.78 is 0. The van der Waals surface area contributed by atoms with Gasteiger partial charge < -0.3 is 5.11 Å². The largest absolute Gasteiger partial charge is 0.506 e. The number of aliphatic hydroxyl groups excluding tert-OH is 1. The molecule has 0 bridgehead atoms. The van der Waals surface area contributed by atoms with Crippen LogP contribution in [0.1, 0.15) is 21.5 Å². The van der Waals surface area contributed by atoms with E-state index in [1.807, 2.05) is 0 Å². The minimum Gasteiger partial charge on any atom is -0.506 e. The Hall–Kier alpha value is -3.02. The van der Waals surface area contributed by atoms with E-state index < -0.39 is 10.7 Å². The van der Waals surface area contributed by atoms with Crippen molar-refractivity contribution in [2.24, 2.45) is 0 Å². The van der Waals surface area contributed by atoms with Crippen LogP contribution in [0, 0.1) is 10.1 Å². The van der Waals surface area contributed by atoms with Gasteiger partial charge in [-0.25, -0.2) is 0 Å². The number of hydrogen-bond acceptors (Lipinski definition) is 5. The van der Waals surface area contributed by atoms with Crippen molar-refractivity contribution >= 4 is 22.8 Å². The zero-order valence-electron chi connectivity index (χ0n) is 10.1. The summed E-state index contributed by atoms with van der Waals surface area (Å²) in [6, 6.07) is 7.32. The summed E-state index contributed by atoms with van der Waals surface area (Å²) in [7, 11) is 0. The van der Waals surface area contributed by atoms with E-state index >= 15 is 0 Å². The predicted octanol–water partition coefficient (Wildman–Crippen LogP) is 2.61. The number of fused-ring (bicyclic) bond motifs is 1. The maximum atomic E-state index is 12.4. The van der Waals surface area contributed by atoms with Crippen molar-refractivity contribution in [3.8, 4) is 0 Å². The third-order valence-electron chi connectivity index (χ3n) is 3.15. The number of aromatic nitrogens is 1. The minimum atomic E-state index is -0.625. The molecule has 1 N–H and O–H groups in total. The van der Waals surface area contributed by atoms with Gasteiger partial charge in [-0.1, -0.05) is 6.07 Å². The number of nitrogens with zero attached hydrogens (tertiary/aromatic N) is 2. The lowest BCUT2D eigenvalue weighted by atomic mass is 10.0. The number of rotatable bonds is 2. The highest BCUT2D eigenvalue weighted by Crippen LogP contribution is 2.40. The Bertz CT molecular complexity index is 766. The molecule has 98 valence electrons. The highest BCUT2D eigenvalue weighted by Gasteiger charge is 2.36. The van der Waals surface area contributed by atoms with Gasteiger partial charge in [0.2, 0.25) is 5.78 Å². The number of benzene rings is 1. The monoisotopic (exact) mass is 268 g/mol. The third-order valence-corrected chi connectivity index (χ3v) is 3.15. The summed E-state index contributed by atoms with van der Waals surface area (Å²) in [6.07, 6.45) is 2.97. The molecule has 1 heterocycles. The van der Waals surface area contributed by atoms with Crippen molar-refractivity contribution in [3.63, 3.8) is 0 Å². The Morgan fingerprint density at radius 2 is 1.85 bits per heavy atom. The van der Waals surface area contributed by atoms with Crippen LogP contribution in [-0.2, 0) is 0 Å². The fourth-order valence-electron chi connectivity index (χ4n) is 2.28. The van der Waals surface area contributed by atoms with Gasteiger partial charge in [-0.3, -0.25) is 19.9 Å². The average Bonchev–Trinajstić information content (AvgIpc) is 2.72. The first-order valence-corrected chi connectivity index (χ1v) is 5.77. The standard InChI is InChI=1S/C14H8N2O4/c17-13-9-2-1-3-10(16(19)20)12(9)14(18)11(13)8-4-6-15-7-5-8/h1-7,17H. The van der Waals surface area contributed by atoms with Crippen LogP contribution in [0.25, 0.3) is 11.3 Å².